The minimum Gasteiger partial charge on any atom is -0.479 e. The summed E-state index contributed by atoms with van der Waals surface area (Å²) in [5.41, 5.74) is 1.98. The first-order chi connectivity index (χ1) is 15.3. The van der Waals surface area contributed by atoms with Crippen LogP contribution in [0.25, 0.3) is 0 Å². The number of ether oxygens (including phenoxy) is 1. The lowest BCUT2D eigenvalue weighted by Crippen LogP contribution is -2.35. The van der Waals surface area contributed by atoms with E-state index in [1.54, 1.807) is 53.7 Å². The van der Waals surface area contributed by atoms with Crippen molar-refractivity contribution in [1.29, 1.82) is 0 Å². The first kappa shape index (κ1) is 22.3. The molecule has 2 aromatic carbocycles. The van der Waals surface area contributed by atoms with Gasteiger partial charge in [-0.2, -0.15) is 4.31 Å². The number of piperidine rings is 1. The number of rotatable bonds is 6. The molecule has 0 aliphatic carbocycles. The number of anilines is 2. The van der Waals surface area contributed by atoms with E-state index < -0.39 is 16.1 Å². The van der Waals surface area contributed by atoms with Crippen molar-refractivity contribution in [2.75, 3.05) is 23.7 Å². The van der Waals surface area contributed by atoms with Crippen molar-refractivity contribution in [2.45, 2.75) is 50.0 Å². The molecule has 170 valence electrons. The van der Waals surface area contributed by atoms with Crippen molar-refractivity contribution >= 4 is 33.2 Å². The summed E-state index contributed by atoms with van der Waals surface area (Å²) in [6.07, 6.45) is 3.04. The van der Waals surface area contributed by atoms with Gasteiger partial charge in [-0.05, 0) is 62.1 Å². The standard InChI is InChI=1S/C23H27N3O5S/c1-16-23(28)25-20-15-18(8-11-21(20)31-16)24-22(27)12-7-17-5-9-19(10-6-17)32(29,30)26-13-3-2-4-14-26/h5-6,8-11,15-16H,2-4,7,12-14H2,1H3,(H,24,27)(H,25,28). The van der Waals surface area contributed by atoms with Gasteiger partial charge in [-0.3, -0.25) is 9.59 Å². The molecule has 0 radical (unpaired) electrons. The van der Waals surface area contributed by atoms with Crippen LogP contribution in [0.5, 0.6) is 5.75 Å². The molecule has 2 aliphatic rings. The second kappa shape index (κ2) is 9.30. The zero-order chi connectivity index (χ0) is 22.7. The van der Waals surface area contributed by atoms with Crippen molar-refractivity contribution in [3.8, 4) is 5.75 Å². The highest BCUT2D eigenvalue weighted by atomic mass is 32.2. The van der Waals surface area contributed by atoms with Crippen LogP contribution in [0.15, 0.2) is 47.4 Å². The fourth-order valence-electron chi connectivity index (χ4n) is 3.85. The number of amides is 2. The van der Waals surface area contributed by atoms with E-state index in [2.05, 4.69) is 10.6 Å². The molecule has 1 unspecified atom stereocenters. The monoisotopic (exact) mass is 457 g/mol. The molecule has 0 aromatic heterocycles. The van der Waals surface area contributed by atoms with Crippen LogP contribution in [0, 0.1) is 0 Å². The van der Waals surface area contributed by atoms with Crippen LogP contribution in [0.1, 0.15) is 38.2 Å². The number of aryl methyl sites for hydroxylation is 1. The first-order valence-corrected chi connectivity index (χ1v) is 12.3. The van der Waals surface area contributed by atoms with Gasteiger partial charge < -0.3 is 15.4 Å². The summed E-state index contributed by atoms with van der Waals surface area (Å²) < 4.78 is 32.5. The fourth-order valence-corrected chi connectivity index (χ4v) is 5.37. The Kier molecular flexibility index (Phi) is 6.48. The van der Waals surface area contributed by atoms with Crippen molar-refractivity contribution in [1.82, 2.24) is 4.31 Å². The van der Waals surface area contributed by atoms with Gasteiger partial charge >= 0.3 is 0 Å². The fraction of sp³-hybridized carbons (Fsp3) is 0.391. The number of nitrogens with zero attached hydrogens (tertiary/aromatic N) is 1. The van der Waals surface area contributed by atoms with E-state index in [-0.39, 0.29) is 18.2 Å². The maximum atomic E-state index is 12.7. The third-order valence-electron chi connectivity index (χ3n) is 5.71. The van der Waals surface area contributed by atoms with Gasteiger partial charge in [-0.25, -0.2) is 8.42 Å². The van der Waals surface area contributed by atoms with E-state index >= 15 is 0 Å². The van der Waals surface area contributed by atoms with Crippen LogP contribution in [0.2, 0.25) is 0 Å². The molecule has 2 N–H and O–H groups in total. The molecule has 2 aromatic rings. The quantitative estimate of drug-likeness (QED) is 0.693. The van der Waals surface area contributed by atoms with Crippen LogP contribution < -0.4 is 15.4 Å². The molecular formula is C23H27N3O5S. The molecule has 9 heteroatoms. The Labute approximate surface area is 188 Å². The number of benzene rings is 2. The van der Waals surface area contributed by atoms with E-state index in [0.29, 0.717) is 41.5 Å². The number of hydrogen-bond acceptors (Lipinski definition) is 5. The van der Waals surface area contributed by atoms with Gasteiger partial charge in [0.2, 0.25) is 15.9 Å². The summed E-state index contributed by atoms with van der Waals surface area (Å²) in [7, 11) is -3.45. The molecule has 0 spiro atoms. The number of hydrogen-bond donors (Lipinski definition) is 2. The Hall–Kier alpha value is -2.91. The molecule has 32 heavy (non-hydrogen) atoms. The Balaban J connectivity index is 1.32. The number of carbonyl (C=O) groups excluding carboxylic acids is 2. The summed E-state index contributed by atoms with van der Waals surface area (Å²) >= 11 is 0. The van der Waals surface area contributed by atoms with E-state index in [1.165, 1.54) is 0 Å². The summed E-state index contributed by atoms with van der Waals surface area (Å²) in [5.74, 6) is 0.160. The molecule has 2 amide bonds. The predicted molar refractivity (Wildman–Crippen MR) is 121 cm³/mol. The van der Waals surface area contributed by atoms with Crippen molar-refractivity contribution < 1.29 is 22.7 Å². The van der Waals surface area contributed by atoms with Gasteiger partial charge in [0, 0.05) is 25.2 Å². The second-order valence-electron chi connectivity index (χ2n) is 8.12. The molecule has 4 rings (SSSR count). The number of carbonyl (C=O) groups is 2. The maximum Gasteiger partial charge on any atom is 0.265 e. The normalized spacial score (nSPS) is 18.9. The zero-order valence-electron chi connectivity index (χ0n) is 18.0. The predicted octanol–water partition coefficient (Wildman–Crippen LogP) is 3.15. The smallest absolute Gasteiger partial charge is 0.265 e. The lowest BCUT2D eigenvalue weighted by molar-refractivity contribution is -0.122. The van der Waals surface area contributed by atoms with Gasteiger partial charge in [0.05, 0.1) is 10.6 Å². The average Bonchev–Trinajstić information content (AvgIpc) is 2.79. The number of sulfonamides is 1. The van der Waals surface area contributed by atoms with Crippen LogP contribution in [-0.4, -0.2) is 43.7 Å². The highest BCUT2D eigenvalue weighted by Crippen LogP contribution is 2.32. The lowest BCUT2D eigenvalue weighted by Gasteiger charge is -2.25. The molecular weight excluding hydrogens is 430 g/mol. The summed E-state index contributed by atoms with van der Waals surface area (Å²) in [4.78, 5) is 24.4. The topological polar surface area (TPSA) is 105 Å². The van der Waals surface area contributed by atoms with Gasteiger partial charge in [-0.1, -0.05) is 18.6 Å². The van der Waals surface area contributed by atoms with Crippen LogP contribution in [0.4, 0.5) is 11.4 Å². The third-order valence-corrected chi connectivity index (χ3v) is 7.62. The first-order valence-electron chi connectivity index (χ1n) is 10.8. The van der Waals surface area contributed by atoms with E-state index in [0.717, 1.165) is 24.8 Å². The lowest BCUT2D eigenvalue weighted by atomic mass is 10.1. The van der Waals surface area contributed by atoms with E-state index in [4.69, 9.17) is 4.74 Å². The van der Waals surface area contributed by atoms with Gasteiger partial charge in [0.1, 0.15) is 5.75 Å². The zero-order valence-corrected chi connectivity index (χ0v) is 18.8. The summed E-state index contributed by atoms with van der Waals surface area (Å²) in [5, 5.41) is 5.57. The number of fused-ring (bicyclic) bond motifs is 1. The highest BCUT2D eigenvalue weighted by Gasteiger charge is 2.26. The Morgan fingerprint density at radius 1 is 1.12 bits per heavy atom. The van der Waals surface area contributed by atoms with Crippen molar-refractivity contribution in [3.05, 3.63) is 48.0 Å². The molecule has 2 heterocycles. The molecule has 2 aliphatic heterocycles. The van der Waals surface area contributed by atoms with Crippen LogP contribution in [0.3, 0.4) is 0 Å². The summed E-state index contributed by atoms with van der Waals surface area (Å²) in [6, 6.07) is 11.9. The second-order valence-corrected chi connectivity index (χ2v) is 10.1. The Morgan fingerprint density at radius 3 is 2.56 bits per heavy atom. The Bertz CT molecular complexity index is 1110. The minimum atomic E-state index is -3.45. The van der Waals surface area contributed by atoms with Gasteiger partial charge in [0.25, 0.3) is 5.91 Å². The van der Waals surface area contributed by atoms with Crippen LogP contribution >= 0.6 is 0 Å². The SMILES string of the molecule is CC1Oc2ccc(NC(=O)CCc3ccc(S(=O)(=O)N4CCCCC4)cc3)cc2NC1=O. The van der Waals surface area contributed by atoms with Gasteiger partial charge in [-0.15, -0.1) is 0 Å². The highest BCUT2D eigenvalue weighted by molar-refractivity contribution is 7.89. The van der Waals surface area contributed by atoms with E-state index in [1.807, 2.05) is 0 Å². The van der Waals surface area contributed by atoms with Crippen LogP contribution in [-0.2, 0) is 26.0 Å². The molecule has 1 saturated heterocycles. The Morgan fingerprint density at radius 2 is 1.84 bits per heavy atom. The summed E-state index contributed by atoms with van der Waals surface area (Å²) in [6.45, 7) is 2.81. The largest absolute Gasteiger partial charge is 0.479 e. The number of nitrogens with one attached hydrogen (secondary N) is 2. The average molecular weight is 458 g/mol. The molecule has 1 atom stereocenters. The minimum absolute atomic E-state index is 0.175. The molecule has 1 fully saturated rings. The third kappa shape index (κ3) is 4.94. The molecule has 8 nitrogen and oxygen atoms in total. The van der Waals surface area contributed by atoms with Crippen molar-refractivity contribution in [3.63, 3.8) is 0 Å². The molecule has 0 saturated carbocycles. The van der Waals surface area contributed by atoms with Crippen molar-refractivity contribution in [2.24, 2.45) is 0 Å². The van der Waals surface area contributed by atoms with E-state index in [9.17, 15) is 18.0 Å². The molecule has 0 bridgehead atoms. The maximum absolute atomic E-state index is 12.7. The van der Waals surface area contributed by atoms with Gasteiger partial charge in [0.15, 0.2) is 6.10 Å².